The minimum Gasteiger partial charge on any atom is -0.480 e. The van der Waals surface area contributed by atoms with Crippen molar-refractivity contribution in [2.24, 2.45) is 0 Å². The number of halogens is 1. The second kappa shape index (κ2) is 6.76. The maximum atomic E-state index is 12.0. The molecule has 1 aliphatic carbocycles. The Labute approximate surface area is 128 Å². The standard InChI is InChI=1S/C16H18ClNO3/c17-13-7-4-12(5-8-13)6-9-14(19)18-16(15(20)21)10-2-1-3-11-16/h4-9H,1-3,10-11H2,(H,18,19)(H,20,21). The number of benzene rings is 1. The fourth-order valence-corrected chi connectivity index (χ4v) is 2.70. The van der Waals surface area contributed by atoms with Crippen LogP contribution >= 0.6 is 11.6 Å². The predicted octanol–water partition coefficient (Wildman–Crippen LogP) is 3.26. The molecule has 2 N–H and O–H groups in total. The molecule has 4 nitrogen and oxygen atoms in total. The molecule has 2 rings (SSSR count). The first-order valence-electron chi connectivity index (χ1n) is 7.01. The SMILES string of the molecule is O=C(C=Cc1ccc(Cl)cc1)NC1(C(=O)O)CCCCC1. The van der Waals surface area contributed by atoms with Gasteiger partial charge in [0.1, 0.15) is 5.54 Å². The molecular weight excluding hydrogens is 290 g/mol. The highest BCUT2D eigenvalue weighted by atomic mass is 35.5. The van der Waals surface area contributed by atoms with Crippen LogP contribution in [0.15, 0.2) is 30.3 Å². The first kappa shape index (κ1) is 15.6. The van der Waals surface area contributed by atoms with Gasteiger partial charge in [0, 0.05) is 11.1 Å². The average molecular weight is 308 g/mol. The van der Waals surface area contributed by atoms with Gasteiger partial charge in [0.2, 0.25) is 5.91 Å². The van der Waals surface area contributed by atoms with Crippen LogP contribution in [0, 0.1) is 0 Å². The summed E-state index contributed by atoms with van der Waals surface area (Å²) in [6.45, 7) is 0. The van der Waals surface area contributed by atoms with Crippen LogP contribution in [0.3, 0.4) is 0 Å². The molecule has 0 aromatic heterocycles. The molecule has 1 aromatic rings. The van der Waals surface area contributed by atoms with Gasteiger partial charge < -0.3 is 10.4 Å². The number of carboxylic acid groups (broad SMARTS) is 1. The Morgan fingerprint density at radius 3 is 2.33 bits per heavy atom. The Bertz CT molecular complexity index is 545. The highest BCUT2D eigenvalue weighted by Gasteiger charge is 2.40. The van der Waals surface area contributed by atoms with Gasteiger partial charge >= 0.3 is 5.97 Å². The van der Waals surface area contributed by atoms with Gasteiger partial charge in [-0.1, -0.05) is 43.0 Å². The van der Waals surface area contributed by atoms with Crippen LogP contribution in [-0.2, 0) is 9.59 Å². The summed E-state index contributed by atoms with van der Waals surface area (Å²) in [5.74, 6) is -1.33. The highest BCUT2D eigenvalue weighted by Crippen LogP contribution is 2.28. The monoisotopic (exact) mass is 307 g/mol. The number of hydrogen-bond acceptors (Lipinski definition) is 2. The lowest BCUT2D eigenvalue weighted by molar-refractivity contribution is -0.148. The third-order valence-corrected chi connectivity index (χ3v) is 4.03. The molecule has 0 radical (unpaired) electrons. The number of rotatable bonds is 4. The molecule has 0 aliphatic heterocycles. The van der Waals surface area contributed by atoms with Gasteiger partial charge in [0.25, 0.3) is 0 Å². The van der Waals surface area contributed by atoms with Crippen molar-refractivity contribution >= 4 is 29.6 Å². The lowest BCUT2D eigenvalue weighted by atomic mass is 9.81. The Morgan fingerprint density at radius 2 is 1.76 bits per heavy atom. The first-order chi connectivity index (χ1) is 10.0. The lowest BCUT2D eigenvalue weighted by Gasteiger charge is -2.33. The molecule has 21 heavy (non-hydrogen) atoms. The van der Waals surface area contributed by atoms with E-state index >= 15 is 0 Å². The molecule has 0 saturated heterocycles. The second-order valence-electron chi connectivity index (χ2n) is 5.32. The van der Waals surface area contributed by atoms with E-state index in [4.69, 9.17) is 11.6 Å². The maximum absolute atomic E-state index is 12.0. The van der Waals surface area contributed by atoms with E-state index in [0.29, 0.717) is 17.9 Å². The molecular formula is C16H18ClNO3. The molecule has 5 heteroatoms. The molecule has 1 amide bonds. The number of carbonyl (C=O) groups is 2. The van der Waals surface area contributed by atoms with Crippen LogP contribution in [0.5, 0.6) is 0 Å². The second-order valence-corrected chi connectivity index (χ2v) is 5.76. The van der Waals surface area contributed by atoms with Crippen molar-refractivity contribution in [3.63, 3.8) is 0 Å². The van der Waals surface area contributed by atoms with Crippen molar-refractivity contribution in [3.8, 4) is 0 Å². The number of aliphatic carboxylic acids is 1. The van der Waals surface area contributed by atoms with Crippen molar-refractivity contribution in [1.29, 1.82) is 0 Å². The molecule has 0 atom stereocenters. The topological polar surface area (TPSA) is 66.4 Å². The zero-order chi connectivity index (χ0) is 15.3. The van der Waals surface area contributed by atoms with Gasteiger partial charge in [0.15, 0.2) is 0 Å². The zero-order valence-electron chi connectivity index (χ0n) is 11.6. The minimum atomic E-state index is -1.11. The van der Waals surface area contributed by atoms with Crippen LogP contribution in [0.2, 0.25) is 5.02 Å². The molecule has 1 fully saturated rings. The summed E-state index contributed by atoms with van der Waals surface area (Å²) in [7, 11) is 0. The molecule has 1 saturated carbocycles. The van der Waals surface area contributed by atoms with Crippen LogP contribution in [-0.4, -0.2) is 22.5 Å². The molecule has 1 aromatic carbocycles. The van der Waals surface area contributed by atoms with Crippen LogP contribution < -0.4 is 5.32 Å². The third kappa shape index (κ3) is 4.08. The molecule has 1 aliphatic rings. The summed E-state index contributed by atoms with van der Waals surface area (Å²) in [5.41, 5.74) is -0.276. The lowest BCUT2D eigenvalue weighted by Crippen LogP contribution is -2.55. The summed E-state index contributed by atoms with van der Waals surface area (Å²) in [6, 6.07) is 7.05. The van der Waals surface area contributed by atoms with Crippen molar-refractivity contribution in [3.05, 3.63) is 40.9 Å². The number of carbonyl (C=O) groups excluding carboxylic acids is 1. The fraction of sp³-hybridized carbons (Fsp3) is 0.375. The summed E-state index contributed by atoms with van der Waals surface area (Å²) in [4.78, 5) is 23.4. The van der Waals surface area contributed by atoms with Gasteiger partial charge in [-0.2, -0.15) is 0 Å². The summed E-state index contributed by atoms with van der Waals surface area (Å²) in [5, 5.41) is 12.7. The molecule has 0 heterocycles. The van der Waals surface area contributed by atoms with E-state index in [1.165, 1.54) is 6.08 Å². The van der Waals surface area contributed by atoms with E-state index in [-0.39, 0.29) is 5.91 Å². The Hall–Kier alpha value is -1.81. The van der Waals surface area contributed by atoms with E-state index in [0.717, 1.165) is 24.8 Å². The van der Waals surface area contributed by atoms with Crippen molar-refractivity contribution in [1.82, 2.24) is 5.32 Å². The molecule has 0 unspecified atom stereocenters. The number of hydrogen-bond donors (Lipinski definition) is 2. The Morgan fingerprint density at radius 1 is 1.14 bits per heavy atom. The Kier molecular flexibility index (Phi) is 5.02. The zero-order valence-corrected chi connectivity index (χ0v) is 12.4. The summed E-state index contributed by atoms with van der Waals surface area (Å²) < 4.78 is 0. The van der Waals surface area contributed by atoms with Gasteiger partial charge in [-0.15, -0.1) is 0 Å². The average Bonchev–Trinajstić information content (AvgIpc) is 2.47. The summed E-state index contributed by atoms with van der Waals surface area (Å²) >= 11 is 5.79. The van der Waals surface area contributed by atoms with Gasteiger partial charge in [0.05, 0.1) is 0 Å². The maximum Gasteiger partial charge on any atom is 0.329 e. The number of nitrogens with one attached hydrogen (secondary N) is 1. The van der Waals surface area contributed by atoms with Crippen molar-refractivity contribution in [2.75, 3.05) is 0 Å². The molecule has 0 bridgehead atoms. The van der Waals surface area contributed by atoms with E-state index in [2.05, 4.69) is 5.32 Å². The first-order valence-corrected chi connectivity index (χ1v) is 7.39. The number of amides is 1. The van der Waals surface area contributed by atoms with Crippen molar-refractivity contribution < 1.29 is 14.7 Å². The van der Waals surface area contributed by atoms with E-state index in [9.17, 15) is 14.7 Å². The van der Waals surface area contributed by atoms with Crippen LogP contribution in [0.25, 0.3) is 6.08 Å². The predicted molar refractivity (Wildman–Crippen MR) is 82.1 cm³/mol. The smallest absolute Gasteiger partial charge is 0.329 e. The normalized spacial score (nSPS) is 17.6. The van der Waals surface area contributed by atoms with Gasteiger partial charge in [-0.05, 0) is 36.6 Å². The highest BCUT2D eigenvalue weighted by molar-refractivity contribution is 6.30. The molecule has 0 spiro atoms. The van der Waals surface area contributed by atoms with E-state index < -0.39 is 11.5 Å². The van der Waals surface area contributed by atoms with Crippen molar-refractivity contribution in [2.45, 2.75) is 37.6 Å². The third-order valence-electron chi connectivity index (χ3n) is 3.78. The Balaban J connectivity index is 2.02. The van der Waals surface area contributed by atoms with Gasteiger partial charge in [-0.25, -0.2) is 4.79 Å². The van der Waals surface area contributed by atoms with Crippen LogP contribution in [0.4, 0.5) is 0 Å². The largest absolute Gasteiger partial charge is 0.480 e. The fourth-order valence-electron chi connectivity index (χ4n) is 2.57. The molecule has 112 valence electrons. The number of carboxylic acids is 1. The van der Waals surface area contributed by atoms with E-state index in [1.807, 2.05) is 0 Å². The quantitative estimate of drug-likeness (QED) is 0.839. The van der Waals surface area contributed by atoms with Gasteiger partial charge in [-0.3, -0.25) is 4.79 Å². The van der Waals surface area contributed by atoms with E-state index in [1.54, 1.807) is 30.3 Å². The minimum absolute atomic E-state index is 0.380. The van der Waals surface area contributed by atoms with Crippen LogP contribution in [0.1, 0.15) is 37.7 Å². The summed E-state index contributed by atoms with van der Waals surface area (Å²) in [6.07, 6.45) is 6.66.